The Morgan fingerprint density at radius 1 is 1.29 bits per heavy atom. The highest BCUT2D eigenvalue weighted by atomic mass is 16.5. The molecule has 0 spiro atoms. The fourth-order valence-corrected chi connectivity index (χ4v) is 1.28. The first-order chi connectivity index (χ1) is 10.1. The van der Waals surface area contributed by atoms with Gasteiger partial charge in [-0.15, -0.1) is 6.42 Å². The molecule has 0 aromatic carbocycles. The number of aromatic nitrogens is 2. The summed E-state index contributed by atoms with van der Waals surface area (Å²) in [5, 5.41) is 2.50. The van der Waals surface area contributed by atoms with Crippen LogP contribution in [0.15, 0.2) is 6.07 Å². The van der Waals surface area contributed by atoms with Crippen LogP contribution in [0.1, 0.15) is 12.8 Å². The lowest BCUT2D eigenvalue weighted by atomic mass is 10.3. The molecule has 0 bridgehead atoms. The predicted molar refractivity (Wildman–Crippen MR) is 72.8 cm³/mol. The molecule has 1 N–H and O–H groups in total. The number of carbonyl (C=O) groups excluding carboxylic acids is 2. The number of methoxy groups -OCH3 is 2. The molecule has 1 aromatic rings. The first-order valence-electron chi connectivity index (χ1n) is 5.95. The van der Waals surface area contributed by atoms with Gasteiger partial charge in [0.25, 0.3) is 0 Å². The van der Waals surface area contributed by atoms with Crippen molar-refractivity contribution < 1.29 is 23.8 Å². The molecular formula is C13H15N3O5. The largest absolute Gasteiger partial charge is 0.481 e. The summed E-state index contributed by atoms with van der Waals surface area (Å²) in [5.41, 5.74) is 0. The standard InChI is InChI=1S/C13H15N3O5/c1-4-7-21-12(18)6-5-10(17)14-9-8-11(19-2)16-13(15-9)20-3/h1,8H,5-7H2,2-3H3,(H,14,15,16,17). The molecule has 0 aliphatic rings. The number of hydrogen-bond donors (Lipinski definition) is 1. The first-order valence-corrected chi connectivity index (χ1v) is 5.95. The van der Waals surface area contributed by atoms with Gasteiger partial charge in [-0.3, -0.25) is 9.59 Å². The van der Waals surface area contributed by atoms with Crippen LogP contribution in [-0.2, 0) is 14.3 Å². The van der Waals surface area contributed by atoms with E-state index in [1.54, 1.807) is 0 Å². The third-order valence-electron chi connectivity index (χ3n) is 2.21. The van der Waals surface area contributed by atoms with Crippen molar-refractivity contribution in [2.45, 2.75) is 12.8 Å². The number of anilines is 1. The van der Waals surface area contributed by atoms with Crippen LogP contribution >= 0.6 is 0 Å². The summed E-state index contributed by atoms with van der Waals surface area (Å²) in [6.45, 7) is -0.110. The Bertz CT molecular complexity index is 531. The van der Waals surface area contributed by atoms with Crippen molar-refractivity contribution in [1.82, 2.24) is 9.97 Å². The van der Waals surface area contributed by atoms with Crippen molar-refractivity contribution in [2.24, 2.45) is 0 Å². The SMILES string of the molecule is C#CCOC(=O)CCC(=O)Nc1cc(OC)nc(OC)n1. The zero-order valence-electron chi connectivity index (χ0n) is 11.7. The van der Waals surface area contributed by atoms with E-state index < -0.39 is 11.9 Å². The second-order valence-corrected chi connectivity index (χ2v) is 3.70. The van der Waals surface area contributed by atoms with E-state index in [1.807, 2.05) is 0 Å². The Balaban J connectivity index is 2.55. The Labute approximate surface area is 121 Å². The average Bonchev–Trinajstić information content (AvgIpc) is 2.50. The second-order valence-electron chi connectivity index (χ2n) is 3.70. The summed E-state index contributed by atoms with van der Waals surface area (Å²) in [7, 11) is 2.82. The maximum atomic E-state index is 11.7. The van der Waals surface area contributed by atoms with Gasteiger partial charge in [0.15, 0.2) is 6.61 Å². The molecule has 1 aromatic heterocycles. The number of nitrogens with one attached hydrogen (secondary N) is 1. The van der Waals surface area contributed by atoms with E-state index in [9.17, 15) is 9.59 Å². The predicted octanol–water partition coefficient (Wildman–Crippen LogP) is 0.389. The Morgan fingerprint density at radius 2 is 2.05 bits per heavy atom. The minimum atomic E-state index is -0.541. The molecule has 8 heteroatoms. The third-order valence-corrected chi connectivity index (χ3v) is 2.21. The van der Waals surface area contributed by atoms with Crippen LogP contribution < -0.4 is 14.8 Å². The van der Waals surface area contributed by atoms with Crippen molar-refractivity contribution in [3.8, 4) is 24.2 Å². The number of hydrogen-bond acceptors (Lipinski definition) is 7. The van der Waals surface area contributed by atoms with Crippen LogP contribution in [0, 0.1) is 12.3 Å². The molecule has 0 fully saturated rings. The molecule has 21 heavy (non-hydrogen) atoms. The van der Waals surface area contributed by atoms with Gasteiger partial charge < -0.3 is 19.5 Å². The topological polar surface area (TPSA) is 99.6 Å². The Kier molecular flexibility index (Phi) is 6.47. The zero-order valence-corrected chi connectivity index (χ0v) is 11.7. The highest BCUT2D eigenvalue weighted by Crippen LogP contribution is 2.17. The summed E-state index contributed by atoms with van der Waals surface area (Å²) in [6, 6.07) is 1.48. The summed E-state index contributed by atoms with van der Waals surface area (Å²) < 4.78 is 14.5. The molecule has 0 saturated heterocycles. The normalized spacial score (nSPS) is 9.38. The van der Waals surface area contributed by atoms with E-state index in [0.29, 0.717) is 0 Å². The number of esters is 1. The molecule has 0 aliphatic heterocycles. The minimum absolute atomic E-state index is 0.0538. The maximum Gasteiger partial charge on any atom is 0.321 e. The van der Waals surface area contributed by atoms with Crippen LogP contribution in [0.3, 0.4) is 0 Å². The second kappa shape index (κ2) is 8.37. The number of amides is 1. The molecule has 1 amide bonds. The smallest absolute Gasteiger partial charge is 0.321 e. The third kappa shape index (κ3) is 5.78. The van der Waals surface area contributed by atoms with Crippen LogP contribution in [-0.4, -0.2) is 42.7 Å². The van der Waals surface area contributed by atoms with Crippen LogP contribution in [0.4, 0.5) is 5.82 Å². The monoisotopic (exact) mass is 293 g/mol. The molecule has 0 radical (unpaired) electrons. The molecule has 0 unspecified atom stereocenters. The number of terminal acetylenes is 1. The van der Waals surface area contributed by atoms with Crippen molar-refractivity contribution in [3.05, 3.63) is 6.07 Å². The summed E-state index contributed by atoms with van der Waals surface area (Å²) >= 11 is 0. The fourth-order valence-electron chi connectivity index (χ4n) is 1.28. The molecule has 112 valence electrons. The fraction of sp³-hybridized carbons (Fsp3) is 0.385. The van der Waals surface area contributed by atoms with Gasteiger partial charge in [-0.25, -0.2) is 0 Å². The van der Waals surface area contributed by atoms with Crippen LogP contribution in [0.5, 0.6) is 11.9 Å². The van der Waals surface area contributed by atoms with Gasteiger partial charge in [-0.2, -0.15) is 9.97 Å². The number of ether oxygens (including phenoxy) is 3. The summed E-state index contributed by atoms with van der Waals surface area (Å²) in [4.78, 5) is 30.7. The van der Waals surface area contributed by atoms with Gasteiger partial charge in [0.05, 0.1) is 20.6 Å². The van der Waals surface area contributed by atoms with Crippen LogP contribution in [0.25, 0.3) is 0 Å². The van der Waals surface area contributed by atoms with Gasteiger partial charge >= 0.3 is 12.0 Å². The van der Waals surface area contributed by atoms with Gasteiger partial charge in [0, 0.05) is 12.5 Å². The summed E-state index contributed by atoms with van der Waals surface area (Å²) in [6.07, 6.45) is 4.81. The quantitative estimate of drug-likeness (QED) is 0.573. The number of carbonyl (C=O) groups is 2. The number of nitrogens with zero attached hydrogens (tertiary/aromatic N) is 2. The van der Waals surface area contributed by atoms with E-state index in [1.165, 1.54) is 20.3 Å². The lowest BCUT2D eigenvalue weighted by molar-refractivity contribution is -0.143. The maximum absolute atomic E-state index is 11.7. The molecule has 0 saturated carbocycles. The molecule has 1 heterocycles. The van der Waals surface area contributed by atoms with Gasteiger partial charge in [0.1, 0.15) is 5.82 Å². The van der Waals surface area contributed by atoms with Crippen LogP contribution in [0.2, 0.25) is 0 Å². The van der Waals surface area contributed by atoms with E-state index in [0.717, 1.165) is 0 Å². The first kappa shape index (κ1) is 16.2. The van der Waals surface area contributed by atoms with Gasteiger partial charge in [-0.1, -0.05) is 5.92 Å². The van der Waals surface area contributed by atoms with Gasteiger partial charge in [0.2, 0.25) is 11.8 Å². The Morgan fingerprint density at radius 3 is 2.67 bits per heavy atom. The highest BCUT2D eigenvalue weighted by molar-refractivity contribution is 5.91. The molecule has 1 rings (SSSR count). The molecule has 0 atom stereocenters. The van der Waals surface area contributed by atoms with Crippen molar-refractivity contribution in [1.29, 1.82) is 0 Å². The molecular weight excluding hydrogens is 278 g/mol. The number of rotatable bonds is 7. The zero-order chi connectivity index (χ0) is 15.7. The van der Waals surface area contributed by atoms with Crippen molar-refractivity contribution >= 4 is 17.7 Å². The van der Waals surface area contributed by atoms with E-state index in [4.69, 9.17) is 15.9 Å². The average molecular weight is 293 g/mol. The van der Waals surface area contributed by atoms with E-state index in [-0.39, 0.29) is 37.2 Å². The minimum Gasteiger partial charge on any atom is -0.481 e. The summed E-state index contributed by atoms with van der Waals surface area (Å²) in [5.74, 6) is 1.67. The van der Waals surface area contributed by atoms with E-state index >= 15 is 0 Å². The van der Waals surface area contributed by atoms with Crippen molar-refractivity contribution in [2.75, 3.05) is 26.1 Å². The highest BCUT2D eigenvalue weighted by Gasteiger charge is 2.11. The molecule has 8 nitrogen and oxygen atoms in total. The lowest BCUT2D eigenvalue weighted by Crippen LogP contribution is -2.16. The van der Waals surface area contributed by atoms with Crippen molar-refractivity contribution in [3.63, 3.8) is 0 Å². The van der Waals surface area contributed by atoms with E-state index in [2.05, 4.69) is 25.9 Å². The Hall–Kier alpha value is -2.82. The lowest BCUT2D eigenvalue weighted by Gasteiger charge is -2.07. The van der Waals surface area contributed by atoms with Gasteiger partial charge in [-0.05, 0) is 0 Å². The molecule has 0 aliphatic carbocycles.